The second kappa shape index (κ2) is 23.5. The number of esters is 1. The van der Waals surface area contributed by atoms with Crippen LogP contribution in [0.1, 0.15) is 143 Å². The molecule has 0 aromatic carbocycles. The third-order valence-corrected chi connectivity index (χ3v) is 5.58. The van der Waals surface area contributed by atoms with Crippen LogP contribution in [0.5, 0.6) is 0 Å². The van der Waals surface area contributed by atoms with E-state index in [-0.39, 0.29) is 5.97 Å². The topological polar surface area (TPSA) is 26.3 Å². The molecule has 0 aromatic heterocycles. The summed E-state index contributed by atoms with van der Waals surface area (Å²) in [5.41, 5.74) is 0. The normalized spacial score (nSPS) is 11.6. The standard InChI is InChI=1S/C27H52O2/c1-4-5-6-7-8-9-10-11-12-13-14-15-16-17-18-22-25-29-27(28)24-21-19-20-23-26(2)3/h11-12,26H,4-10,13-25H2,1-3H3/b12-11-. The molecule has 0 saturated heterocycles. The van der Waals surface area contributed by atoms with Crippen LogP contribution in [0.3, 0.4) is 0 Å². The van der Waals surface area contributed by atoms with Crippen LogP contribution in [0, 0.1) is 5.92 Å². The highest BCUT2D eigenvalue weighted by atomic mass is 16.5. The summed E-state index contributed by atoms with van der Waals surface area (Å²) < 4.78 is 5.34. The Balaban J connectivity index is 3.19. The largest absolute Gasteiger partial charge is 0.466 e. The van der Waals surface area contributed by atoms with Crippen LogP contribution in [-0.4, -0.2) is 12.6 Å². The van der Waals surface area contributed by atoms with Crippen molar-refractivity contribution in [3.05, 3.63) is 12.2 Å². The van der Waals surface area contributed by atoms with E-state index >= 15 is 0 Å². The van der Waals surface area contributed by atoms with Crippen LogP contribution in [0.15, 0.2) is 12.2 Å². The second-order valence-electron chi connectivity index (χ2n) is 9.15. The predicted molar refractivity (Wildman–Crippen MR) is 128 cm³/mol. The maximum absolute atomic E-state index is 11.7. The van der Waals surface area contributed by atoms with Gasteiger partial charge in [0.2, 0.25) is 0 Å². The first-order valence-corrected chi connectivity index (χ1v) is 13.0. The fourth-order valence-corrected chi connectivity index (χ4v) is 3.61. The summed E-state index contributed by atoms with van der Waals surface area (Å²) in [5.74, 6) is 0.774. The minimum atomic E-state index is 0.00212. The summed E-state index contributed by atoms with van der Waals surface area (Å²) in [5, 5.41) is 0. The van der Waals surface area contributed by atoms with Gasteiger partial charge in [0, 0.05) is 6.42 Å². The lowest BCUT2D eigenvalue weighted by Crippen LogP contribution is -2.05. The SMILES string of the molecule is CCCCCCCC/C=C\CCCCCCCCOC(=O)CCCCCC(C)C. The van der Waals surface area contributed by atoms with Crippen LogP contribution in [-0.2, 0) is 9.53 Å². The zero-order valence-electron chi connectivity index (χ0n) is 20.2. The van der Waals surface area contributed by atoms with E-state index < -0.39 is 0 Å². The average molecular weight is 409 g/mol. The van der Waals surface area contributed by atoms with Gasteiger partial charge in [-0.15, -0.1) is 0 Å². The lowest BCUT2D eigenvalue weighted by Gasteiger charge is -2.06. The quantitative estimate of drug-likeness (QED) is 0.101. The van der Waals surface area contributed by atoms with Gasteiger partial charge in [0.1, 0.15) is 0 Å². The molecule has 0 aliphatic heterocycles. The van der Waals surface area contributed by atoms with E-state index in [4.69, 9.17) is 4.74 Å². The van der Waals surface area contributed by atoms with Gasteiger partial charge in [-0.2, -0.15) is 0 Å². The van der Waals surface area contributed by atoms with Gasteiger partial charge < -0.3 is 4.74 Å². The first kappa shape index (κ1) is 28.2. The van der Waals surface area contributed by atoms with Crippen molar-refractivity contribution in [3.63, 3.8) is 0 Å². The molecule has 0 aliphatic rings. The molecule has 0 aromatic rings. The van der Waals surface area contributed by atoms with Crippen molar-refractivity contribution in [1.82, 2.24) is 0 Å². The van der Waals surface area contributed by atoms with Crippen LogP contribution in [0.4, 0.5) is 0 Å². The Labute approximate surface area is 183 Å². The third kappa shape index (κ3) is 25.2. The van der Waals surface area contributed by atoms with Gasteiger partial charge in [0.25, 0.3) is 0 Å². The van der Waals surface area contributed by atoms with E-state index in [0.717, 1.165) is 25.2 Å². The first-order valence-electron chi connectivity index (χ1n) is 13.0. The van der Waals surface area contributed by atoms with Gasteiger partial charge in [0.05, 0.1) is 6.61 Å². The molecule has 0 fully saturated rings. The van der Waals surface area contributed by atoms with Crippen molar-refractivity contribution < 1.29 is 9.53 Å². The number of unbranched alkanes of at least 4 members (excludes halogenated alkanes) is 14. The predicted octanol–water partition coefficient (Wildman–Crippen LogP) is 9.17. The monoisotopic (exact) mass is 408 g/mol. The molecule has 2 nitrogen and oxygen atoms in total. The van der Waals surface area contributed by atoms with E-state index in [1.54, 1.807) is 0 Å². The molecule has 0 rings (SSSR count). The summed E-state index contributed by atoms with van der Waals surface area (Å²) in [4.78, 5) is 11.7. The van der Waals surface area contributed by atoms with Crippen LogP contribution >= 0.6 is 0 Å². The molecular weight excluding hydrogens is 356 g/mol. The number of ether oxygens (including phenoxy) is 1. The van der Waals surface area contributed by atoms with Crippen LogP contribution in [0.2, 0.25) is 0 Å². The molecule has 0 spiro atoms. The molecule has 0 atom stereocenters. The molecule has 0 unspecified atom stereocenters. The van der Waals surface area contributed by atoms with E-state index in [2.05, 4.69) is 32.9 Å². The number of carbonyl (C=O) groups is 1. The van der Waals surface area contributed by atoms with Crippen molar-refractivity contribution in [2.45, 2.75) is 143 Å². The summed E-state index contributed by atoms with van der Waals surface area (Å²) in [7, 11) is 0. The van der Waals surface area contributed by atoms with Crippen molar-refractivity contribution in [1.29, 1.82) is 0 Å². The third-order valence-electron chi connectivity index (χ3n) is 5.58. The molecule has 172 valence electrons. The van der Waals surface area contributed by atoms with E-state index in [1.807, 2.05) is 0 Å². The fraction of sp³-hybridized carbons (Fsp3) is 0.889. The Morgan fingerprint density at radius 3 is 1.79 bits per heavy atom. The van der Waals surface area contributed by atoms with Crippen molar-refractivity contribution in [2.75, 3.05) is 6.61 Å². The van der Waals surface area contributed by atoms with Gasteiger partial charge in [-0.05, 0) is 44.4 Å². The summed E-state index contributed by atoms with van der Waals surface area (Å²) in [6.07, 6.45) is 28.3. The maximum Gasteiger partial charge on any atom is 0.305 e. The minimum Gasteiger partial charge on any atom is -0.466 e. The average Bonchev–Trinajstić information content (AvgIpc) is 2.69. The zero-order chi connectivity index (χ0) is 21.4. The van der Waals surface area contributed by atoms with Gasteiger partial charge in [-0.25, -0.2) is 0 Å². The van der Waals surface area contributed by atoms with Gasteiger partial charge in [0.15, 0.2) is 0 Å². The zero-order valence-corrected chi connectivity index (χ0v) is 20.2. The Bertz CT molecular complexity index is 360. The van der Waals surface area contributed by atoms with Crippen molar-refractivity contribution in [2.24, 2.45) is 5.92 Å². The molecular formula is C27H52O2. The highest BCUT2D eigenvalue weighted by Crippen LogP contribution is 2.11. The lowest BCUT2D eigenvalue weighted by molar-refractivity contribution is -0.143. The molecule has 0 bridgehead atoms. The maximum atomic E-state index is 11.7. The molecule has 29 heavy (non-hydrogen) atoms. The van der Waals surface area contributed by atoms with Crippen LogP contribution in [0.25, 0.3) is 0 Å². The Hall–Kier alpha value is -0.790. The highest BCUT2D eigenvalue weighted by Gasteiger charge is 2.03. The summed E-state index contributed by atoms with van der Waals surface area (Å²) in [6.45, 7) is 7.40. The Morgan fingerprint density at radius 2 is 1.21 bits per heavy atom. The van der Waals surface area contributed by atoms with E-state index in [1.165, 1.54) is 96.3 Å². The summed E-state index contributed by atoms with van der Waals surface area (Å²) >= 11 is 0. The van der Waals surface area contributed by atoms with Crippen molar-refractivity contribution in [3.8, 4) is 0 Å². The summed E-state index contributed by atoms with van der Waals surface area (Å²) in [6, 6.07) is 0. The molecule has 0 heterocycles. The van der Waals surface area contributed by atoms with E-state index in [9.17, 15) is 4.79 Å². The Morgan fingerprint density at radius 1 is 0.690 bits per heavy atom. The number of hydrogen-bond acceptors (Lipinski definition) is 2. The molecule has 2 heteroatoms. The first-order chi connectivity index (χ1) is 14.2. The van der Waals surface area contributed by atoms with Crippen molar-refractivity contribution >= 4 is 5.97 Å². The minimum absolute atomic E-state index is 0.00212. The van der Waals surface area contributed by atoms with Gasteiger partial charge >= 0.3 is 5.97 Å². The fourth-order valence-electron chi connectivity index (χ4n) is 3.61. The van der Waals surface area contributed by atoms with E-state index in [0.29, 0.717) is 13.0 Å². The molecule has 0 N–H and O–H groups in total. The number of carbonyl (C=O) groups excluding carboxylic acids is 1. The highest BCUT2D eigenvalue weighted by molar-refractivity contribution is 5.69. The molecule has 0 amide bonds. The van der Waals surface area contributed by atoms with Gasteiger partial charge in [-0.1, -0.05) is 110 Å². The molecule has 0 radical (unpaired) electrons. The molecule has 0 aliphatic carbocycles. The number of allylic oxidation sites excluding steroid dienone is 2. The lowest BCUT2D eigenvalue weighted by atomic mass is 10.0. The smallest absolute Gasteiger partial charge is 0.305 e. The number of hydrogen-bond donors (Lipinski definition) is 0. The second-order valence-corrected chi connectivity index (χ2v) is 9.15. The van der Waals surface area contributed by atoms with Gasteiger partial charge in [-0.3, -0.25) is 4.79 Å². The van der Waals surface area contributed by atoms with Crippen LogP contribution < -0.4 is 0 Å². The Kier molecular flexibility index (Phi) is 22.8. The molecule has 0 saturated carbocycles. The number of rotatable bonds is 22.